The van der Waals surface area contributed by atoms with Crippen LogP contribution >= 0.6 is 23.2 Å². The van der Waals surface area contributed by atoms with Gasteiger partial charge in [0.25, 0.3) is 0 Å². The normalized spacial score (nSPS) is 19.7. The van der Waals surface area contributed by atoms with Gasteiger partial charge in [-0.05, 0) is 61.1 Å². The number of rotatable bonds is 5. The van der Waals surface area contributed by atoms with E-state index in [1.807, 2.05) is 29.2 Å². The van der Waals surface area contributed by atoms with Crippen molar-refractivity contribution in [2.45, 2.75) is 25.8 Å². The minimum absolute atomic E-state index is 0.0871. The van der Waals surface area contributed by atoms with Crippen LogP contribution < -0.4 is 16.4 Å². The molecule has 32 heavy (non-hydrogen) atoms. The lowest BCUT2D eigenvalue weighted by Gasteiger charge is -2.34. The summed E-state index contributed by atoms with van der Waals surface area (Å²) in [4.78, 5) is 17.1. The third kappa shape index (κ3) is 5.67. The molecule has 4 N–H and O–H groups in total. The third-order valence-electron chi connectivity index (χ3n) is 6.39. The first-order valence-electron chi connectivity index (χ1n) is 11.3. The maximum Gasteiger partial charge on any atom is 0.321 e. The Morgan fingerprint density at radius 1 is 1.12 bits per heavy atom. The number of carbonyl (C=O) groups excluding carboxylic acids is 1. The molecular weight excluding hydrogens is 445 g/mol. The van der Waals surface area contributed by atoms with Crippen LogP contribution in [0, 0.1) is 5.92 Å². The van der Waals surface area contributed by atoms with Crippen LogP contribution in [0.2, 0.25) is 10.0 Å². The predicted molar refractivity (Wildman–Crippen MR) is 132 cm³/mol. The van der Waals surface area contributed by atoms with Gasteiger partial charge in [-0.1, -0.05) is 41.4 Å². The van der Waals surface area contributed by atoms with E-state index < -0.39 is 0 Å². The number of urea groups is 1. The molecule has 0 aromatic heterocycles. The first-order valence-corrected chi connectivity index (χ1v) is 12.1. The maximum absolute atomic E-state index is 12.8. The predicted octanol–water partition coefficient (Wildman–Crippen LogP) is 4.47. The molecule has 2 aromatic rings. The maximum atomic E-state index is 12.8. The van der Waals surface area contributed by atoms with Crippen LogP contribution in [0.5, 0.6) is 0 Å². The lowest BCUT2D eigenvalue weighted by molar-refractivity contribution is 0.167. The van der Waals surface area contributed by atoms with E-state index in [0.717, 1.165) is 74.5 Å². The van der Waals surface area contributed by atoms with Gasteiger partial charge >= 0.3 is 6.03 Å². The largest absolute Gasteiger partial charge is 0.398 e. The molecule has 0 bridgehead atoms. The molecule has 2 aliphatic heterocycles. The van der Waals surface area contributed by atoms with Crippen LogP contribution in [0.3, 0.4) is 0 Å². The van der Waals surface area contributed by atoms with E-state index in [1.165, 1.54) is 0 Å². The van der Waals surface area contributed by atoms with Crippen molar-refractivity contribution in [3.05, 3.63) is 57.6 Å². The molecule has 1 atom stereocenters. The second-order valence-electron chi connectivity index (χ2n) is 8.70. The summed E-state index contributed by atoms with van der Waals surface area (Å²) in [5, 5.41) is 7.41. The highest BCUT2D eigenvalue weighted by atomic mass is 35.5. The summed E-state index contributed by atoms with van der Waals surface area (Å²) >= 11 is 13.0. The van der Waals surface area contributed by atoms with E-state index in [2.05, 4.69) is 21.6 Å². The Morgan fingerprint density at radius 2 is 1.91 bits per heavy atom. The topological polar surface area (TPSA) is 73.6 Å². The number of piperidine rings is 1. The standard InChI is InChI=1S/C24H31Cl2N5O/c25-20-7-8-22(29-24(32)31-12-9-28-10-13-31)19(23(20)26)14-17-4-3-11-30(15-17)16-18-5-1-2-6-21(18)27/h1-2,5-8,17,28H,3-4,9-16,27H2,(H,29,32)/t17-/m1/s1. The van der Waals surface area contributed by atoms with Gasteiger partial charge in [0.15, 0.2) is 0 Å². The molecule has 2 fully saturated rings. The lowest BCUT2D eigenvalue weighted by atomic mass is 9.90. The van der Waals surface area contributed by atoms with Crippen molar-refractivity contribution >= 4 is 40.6 Å². The van der Waals surface area contributed by atoms with E-state index in [-0.39, 0.29) is 6.03 Å². The number of amides is 2. The molecule has 0 radical (unpaired) electrons. The van der Waals surface area contributed by atoms with Crippen molar-refractivity contribution in [2.24, 2.45) is 5.92 Å². The number of para-hydroxylation sites is 1. The van der Waals surface area contributed by atoms with E-state index in [1.54, 1.807) is 6.07 Å². The van der Waals surface area contributed by atoms with E-state index in [9.17, 15) is 4.79 Å². The highest BCUT2D eigenvalue weighted by molar-refractivity contribution is 6.42. The summed E-state index contributed by atoms with van der Waals surface area (Å²) in [5.74, 6) is 0.430. The van der Waals surface area contributed by atoms with Crippen LogP contribution in [-0.2, 0) is 13.0 Å². The van der Waals surface area contributed by atoms with E-state index in [0.29, 0.717) is 29.1 Å². The van der Waals surface area contributed by atoms with E-state index >= 15 is 0 Å². The van der Waals surface area contributed by atoms with Gasteiger partial charge in [-0.25, -0.2) is 4.79 Å². The number of nitrogens with two attached hydrogens (primary N) is 1. The fourth-order valence-corrected chi connectivity index (χ4v) is 5.06. The monoisotopic (exact) mass is 475 g/mol. The number of piperazine rings is 1. The number of hydrogen-bond acceptors (Lipinski definition) is 4. The molecule has 0 spiro atoms. The van der Waals surface area contributed by atoms with Gasteiger partial charge in [0, 0.05) is 50.6 Å². The molecule has 0 saturated carbocycles. The average Bonchev–Trinajstić information content (AvgIpc) is 2.81. The number of nitrogens with zero attached hydrogens (tertiary/aromatic N) is 2. The number of hydrogen-bond donors (Lipinski definition) is 3. The van der Waals surface area contributed by atoms with Crippen molar-refractivity contribution in [3.63, 3.8) is 0 Å². The fourth-order valence-electron chi connectivity index (χ4n) is 4.64. The molecule has 2 amide bonds. The Hall–Kier alpha value is -1.99. The van der Waals surface area contributed by atoms with Crippen LogP contribution in [0.4, 0.5) is 16.2 Å². The van der Waals surface area contributed by atoms with Crippen molar-refractivity contribution < 1.29 is 4.79 Å². The smallest absolute Gasteiger partial charge is 0.321 e. The zero-order chi connectivity index (χ0) is 22.5. The summed E-state index contributed by atoms with van der Waals surface area (Å²) in [6.07, 6.45) is 3.02. The number of anilines is 2. The van der Waals surface area contributed by atoms with Gasteiger partial charge in [-0.15, -0.1) is 0 Å². The number of benzene rings is 2. The van der Waals surface area contributed by atoms with Crippen molar-refractivity contribution in [3.8, 4) is 0 Å². The molecule has 6 nitrogen and oxygen atoms in total. The number of halogens is 2. The number of likely N-dealkylation sites (tertiary alicyclic amines) is 1. The zero-order valence-corrected chi connectivity index (χ0v) is 19.8. The fraction of sp³-hybridized carbons (Fsp3) is 0.458. The summed E-state index contributed by atoms with van der Waals surface area (Å²) in [5.41, 5.74) is 9.84. The summed E-state index contributed by atoms with van der Waals surface area (Å²) < 4.78 is 0. The Bertz CT molecular complexity index is 948. The first-order chi connectivity index (χ1) is 15.5. The molecule has 8 heteroatoms. The second kappa shape index (κ2) is 10.8. The molecular formula is C24H31Cl2N5O. The zero-order valence-electron chi connectivity index (χ0n) is 18.2. The second-order valence-corrected chi connectivity index (χ2v) is 9.49. The van der Waals surface area contributed by atoms with Crippen LogP contribution in [0.1, 0.15) is 24.0 Å². The Labute approximate surface area is 200 Å². The summed E-state index contributed by atoms with van der Waals surface area (Å²) in [6, 6.07) is 11.6. The Morgan fingerprint density at radius 3 is 2.69 bits per heavy atom. The molecule has 2 saturated heterocycles. The van der Waals surface area contributed by atoms with Crippen molar-refractivity contribution in [1.82, 2.24) is 15.1 Å². The van der Waals surface area contributed by atoms with Gasteiger partial charge < -0.3 is 21.3 Å². The molecule has 2 aromatic carbocycles. The molecule has 4 rings (SSSR count). The highest BCUT2D eigenvalue weighted by Gasteiger charge is 2.25. The molecule has 2 heterocycles. The summed E-state index contributed by atoms with van der Waals surface area (Å²) in [6.45, 7) is 5.88. The third-order valence-corrected chi connectivity index (χ3v) is 7.23. The highest BCUT2D eigenvalue weighted by Crippen LogP contribution is 2.35. The Kier molecular flexibility index (Phi) is 7.79. The average molecular weight is 476 g/mol. The Balaban J connectivity index is 1.46. The lowest BCUT2D eigenvalue weighted by Crippen LogP contribution is -2.48. The van der Waals surface area contributed by atoms with Crippen LogP contribution in [0.25, 0.3) is 0 Å². The number of nitrogens with one attached hydrogen (secondary N) is 2. The summed E-state index contributed by atoms with van der Waals surface area (Å²) in [7, 11) is 0. The van der Waals surface area contributed by atoms with Crippen molar-refractivity contribution in [1.29, 1.82) is 0 Å². The van der Waals surface area contributed by atoms with Crippen LogP contribution in [-0.4, -0.2) is 55.1 Å². The first kappa shape index (κ1) is 23.2. The molecule has 2 aliphatic rings. The molecule has 0 unspecified atom stereocenters. The quantitative estimate of drug-likeness (QED) is 0.557. The van der Waals surface area contributed by atoms with Crippen molar-refractivity contribution in [2.75, 3.05) is 50.3 Å². The molecule has 172 valence electrons. The van der Waals surface area contributed by atoms with Gasteiger partial charge in [-0.3, -0.25) is 4.90 Å². The SMILES string of the molecule is Nc1ccccc1CN1CCC[C@H](Cc2c(NC(=O)N3CCNCC3)ccc(Cl)c2Cl)C1. The number of nitrogen functional groups attached to an aromatic ring is 1. The number of carbonyl (C=O) groups is 1. The minimum Gasteiger partial charge on any atom is -0.398 e. The van der Waals surface area contributed by atoms with Gasteiger partial charge in [0.05, 0.1) is 10.0 Å². The molecule has 0 aliphatic carbocycles. The van der Waals surface area contributed by atoms with E-state index in [4.69, 9.17) is 28.9 Å². The van der Waals surface area contributed by atoms with Gasteiger partial charge in [-0.2, -0.15) is 0 Å². The van der Waals surface area contributed by atoms with Gasteiger partial charge in [0.1, 0.15) is 0 Å². The van der Waals surface area contributed by atoms with Crippen LogP contribution in [0.15, 0.2) is 36.4 Å². The van der Waals surface area contributed by atoms with Gasteiger partial charge in [0.2, 0.25) is 0 Å². The minimum atomic E-state index is -0.0871.